The van der Waals surface area contributed by atoms with Gasteiger partial charge in [-0.25, -0.2) is 0 Å². The molecule has 6 heteroatoms. The molecule has 0 aliphatic heterocycles. The van der Waals surface area contributed by atoms with Gasteiger partial charge in [0, 0.05) is 12.8 Å². The maximum atomic E-state index is 12.5. The van der Waals surface area contributed by atoms with Crippen molar-refractivity contribution in [3.8, 4) is 0 Å². The van der Waals surface area contributed by atoms with Crippen molar-refractivity contribution in [3.05, 3.63) is 12.2 Å². The summed E-state index contributed by atoms with van der Waals surface area (Å²) < 4.78 is 5.46. The minimum atomic E-state index is -0.672. The molecule has 65 heavy (non-hydrogen) atoms. The van der Waals surface area contributed by atoms with Crippen LogP contribution in [0.25, 0.3) is 0 Å². The molecule has 0 aromatic heterocycles. The highest BCUT2D eigenvalue weighted by Crippen LogP contribution is 2.17. The monoisotopic (exact) mass is 918 g/mol. The van der Waals surface area contributed by atoms with Gasteiger partial charge in [0.2, 0.25) is 5.91 Å². The summed E-state index contributed by atoms with van der Waals surface area (Å²) in [5.41, 5.74) is 0. The van der Waals surface area contributed by atoms with Crippen LogP contribution in [0.4, 0.5) is 0 Å². The summed E-state index contributed by atoms with van der Waals surface area (Å²) in [6.07, 6.45) is 64.9. The Balaban J connectivity index is 3.45. The van der Waals surface area contributed by atoms with E-state index in [2.05, 4.69) is 31.3 Å². The number of carbonyl (C=O) groups is 2. The normalized spacial score (nSPS) is 12.6. The zero-order valence-corrected chi connectivity index (χ0v) is 44.0. The number of ether oxygens (including phenoxy) is 1. The van der Waals surface area contributed by atoms with E-state index in [1.807, 2.05) is 0 Å². The molecule has 3 N–H and O–H groups in total. The third-order valence-electron chi connectivity index (χ3n) is 13.8. The number of aliphatic hydroxyl groups excluding tert-OH is 2. The van der Waals surface area contributed by atoms with Crippen molar-refractivity contribution >= 4 is 11.9 Å². The van der Waals surface area contributed by atoms with Gasteiger partial charge in [-0.2, -0.15) is 0 Å². The van der Waals surface area contributed by atoms with E-state index < -0.39 is 12.1 Å². The second-order valence-electron chi connectivity index (χ2n) is 20.3. The van der Waals surface area contributed by atoms with Crippen LogP contribution in [-0.2, 0) is 14.3 Å². The second kappa shape index (κ2) is 55.2. The summed E-state index contributed by atoms with van der Waals surface area (Å²) in [5, 5.41) is 23.3. The van der Waals surface area contributed by atoms with Gasteiger partial charge in [0.25, 0.3) is 0 Å². The SMILES string of the molecule is CCCCCCCCCCCCCCCCCCCCC(O)C(CO)NC(=O)CCCCCCC/C=C\CCCCCCCCCCCOC(=O)CCCCCCCCCCCCCC. The van der Waals surface area contributed by atoms with E-state index in [1.54, 1.807) is 0 Å². The molecule has 1 amide bonds. The Morgan fingerprint density at radius 3 is 1.09 bits per heavy atom. The van der Waals surface area contributed by atoms with Crippen LogP contribution in [0.3, 0.4) is 0 Å². The van der Waals surface area contributed by atoms with Crippen LogP contribution in [0.2, 0.25) is 0 Å². The first-order valence-electron chi connectivity index (χ1n) is 29.4. The molecule has 0 spiro atoms. The van der Waals surface area contributed by atoms with Gasteiger partial charge < -0.3 is 20.3 Å². The van der Waals surface area contributed by atoms with Crippen molar-refractivity contribution in [2.45, 2.75) is 341 Å². The molecule has 0 saturated carbocycles. The lowest BCUT2D eigenvalue weighted by atomic mass is 10.0. The predicted molar refractivity (Wildman–Crippen MR) is 283 cm³/mol. The van der Waals surface area contributed by atoms with Crippen LogP contribution < -0.4 is 5.32 Å². The van der Waals surface area contributed by atoms with E-state index in [4.69, 9.17) is 4.74 Å². The molecule has 0 fully saturated rings. The number of hydrogen-bond donors (Lipinski definition) is 3. The molecule has 386 valence electrons. The zero-order valence-electron chi connectivity index (χ0n) is 44.0. The topological polar surface area (TPSA) is 95.9 Å². The Kier molecular flexibility index (Phi) is 54.0. The Labute approximate surface area is 406 Å². The lowest BCUT2D eigenvalue weighted by Crippen LogP contribution is -2.45. The number of nitrogens with one attached hydrogen (secondary N) is 1. The van der Waals surface area contributed by atoms with E-state index in [0.717, 1.165) is 57.8 Å². The quantitative estimate of drug-likeness (QED) is 0.0321. The Morgan fingerprint density at radius 1 is 0.415 bits per heavy atom. The van der Waals surface area contributed by atoms with Gasteiger partial charge in [-0.15, -0.1) is 0 Å². The van der Waals surface area contributed by atoms with E-state index in [9.17, 15) is 19.8 Å². The largest absolute Gasteiger partial charge is 0.466 e. The van der Waals surface area contributed by atoms with E-state index in [-0.39, 0.29) is 18.5 Å². The van der Waals surface area contributed by atoms with Crippen LogP contribution in [0.5, 0.6) is 0 Å². The minimum absolute atomic E-state index is 0.00431. The van der Waals surface area contributed by atoms with Gasteiger partial charge in [0.15, 0.2) is 0 Å². The molecular formula is C59H115NO5. The smallest absolute Gasteiger partial charge is 0.305 e. The highest BCUT2D eigenvalue weighted by atomic mass is 16.5. The molecule has 0 radical (unpaired) electrons. The number of aliphatic hydroxyl groups is 2. The molecule has 0 aromatic rings. The van der Waals surface area contributed by atoms with Gasteiger partial charge >= 0.3 is 5.97 Å². The Hall–Kier alpha value is -1.40. The summed E-state index contributed by atoms with van der Waals surface area (Å²) in [6, 6.07) is -0.551. The van der Waals surface area contributed by atoms with Gasteiger partial charge in [0.1, 0.15) is 0 Å². The third-order valence-corrected chi connectivity index (χ3v) is 13.8. The summed E-state index contributed by atoms with van der Waals surface area (Å²) in [5.74, 6) is -0.0421. The molecule has 0 saturated heterocycles. The molecular weight excluding hydrogens is 803 g/mol. The minimum Gasteiger partial charge on any atom is -0.466 e. The maximum Gasteiger partial charge on any atom is 0.305 e. The fraction of sp³-hybridized carbons (Fsp3) is 0.932. The molecule has 0 heterocycles. The van der Waals surface area contributed by atoms with Crippen molar-refractivity contribution in [1.29, 1.82) is 0 Å². The van der Waals surface area contributed by atoms with Crippen molar-refractivity contribution < 1.29 is 24.5 Å². The molecule has 0 aliphatic carbocycles. The summed E-state index contributed by atoms with van der Waals surface area (Å²) >= 11 is 0. The number of allylic oxidation sites excluding steroid dienone is 2. The van der Waals surface area contributed by atoms with Crippen LogP contribution in [0.1, 0.15) is 328 Å². The molecule has 2 unspecified atom stereocenters. The van der Waals surface area contributed by atoms with Crippen molar-refractivity contribution in [2.75, 3.05) is 13.2 Å². The first-order chi connectivity index (χ1) is 32.0. The van der Waals surface area contributed by atoms with Gasteiger partial charge in [-0.3, -0.25) is 9.59 Å². The van der Waals surface area contributed by atoms with E-state index in [0.29, 0.717) is 25.9 Å². The standard InChI is InChI=1S/C59H115NO5/c1-3-5-7-9-11-13-15-17-18-19-22-25-28-31-35-39-43-47-51-57(62)56(55-61)60-58(63)52-48-44-40-36-32-29-26-23-20-21-24-27-30-34-38-42-46-50-54-65-59(64)53-49-45-41-37-33-16-14-12-10-8-6-4-2/h23,26,56-57,61-62H,3-22,24-25,27-55H2,1-2H3,(H,60,63)/b26-23-. The highest BCUT2D eigenvalue weighted by Gasteiger charge is 2.20. The molecule has 0 rings (SSSR count). The predicted octanol–water partition coefficient (Wildman–Crippen LogP) is 18.1. The molecule has 2 atom stereocenters. The summed E-state index contributed by atoms with van der Waals surface area (Å²) in [4.78, 5) is 24.5. The second-order valence-corrected chi connectivity index (χ2v) is 20.3. The van der Waals surface area contributed by atoms with Gasteiger partial charge in [-0.1, -0.05) is 276 Å². The van der Waals surface area contributed by atoms with Crippen molar-refractivity contribution in [2.24, 2.45) is 0 Å². The Bertz CT molecular complexity index is 970. The first-order valence-corrected chi connectivity index (χ1v) is 29.4. The van der Waals surface area contributed by atoms with E-state index in [1.165, 1.54) is 238 Å². The third kappa shape index (κ3) is 51.8. The van der Waals surface area contributed by atoms with Crippen molar-refractivity contribution in [1.82, 2.24) is 5.32 Å². The lowest BCUT2D eigenvalue weighted by Gasteiger charge is -2.22. The van der Waals surface area contributed by atoms with Crippen molar-refractivity contribution in [3.63, 3.8) is 0 Å². The maximum absolute atomic E-state index is 12.5. The number of esters is 1. The van der Waals surface area contributed by atoms with Gasteiger partial charge in [-0.05, 0) is 51.4 Å². The lowest BCUT2D eigenvalue weighted by molar-refractivity contribution is -0.143. The van der Waals surface area contributed by atoms with Crippen LogP contribution >= 0.6 is 0 Å². The fourth-order valence-corrected chi connectivity index (χ4v) is 9.28. The number of carbonyl (C=O) groups excluding carboxylic acids is 2. The first kappa shape index (κ1) is 63.6. The van der Waals surface area contributed by atoms with Crippen LogP contribution in [0, 0.1) is 0 Å². The van der Waals surface area contributed by atoms with Crippen LogP contribution in [0.15, 0.2) is 12.2 Å². The van der Waals surface area contributed by atoms with E-state index >= 15 is 0 Å². The summed E-state index contributed by atoms with van der Waals surface area (Å²) in [6.45, 7) is 4.96. The summed E-state index contributed by atoms with van der Waals surface area (Å²) in [7, 11) is 0. The molecule has 0 bridgehead atoms. The molecule has 0 aromatic carbocycles. The highest BCUT2D eigenvalue weighted by molar-refractivity contribution is 5.76. The fourth-order valence-electron chi connectivity index (χ4n) is 9.28. The average Bonchev–Trinajstić information content (AvgIpc) is 3.31. The number of amides is 1. The Morgan fingerprint density at radius 2 is 0.723 bits per heavy atom. The van der Waals surface area contributed by atoms with Crippen LogP contribution in [-0.4, -0.2) is 47.4 Å². The zero-order chi connectivity index (χ0) is 47.2. The number of hydrogen-bond acceptors (Lipinski definition) is 5. The average molecular weight is 919 g/mol. The molecule has 6 nitrogen and oxygen atoms in total. The number of unbranched alkanes of at least 4 members (excludes halogenated alkanes) is 42. The molecule has 0 aliphatic rings. The van der Waals surface area contributed by atoms with Gasteiger partial charge in [0.05, 0.1) is 25.4 Å². The number of rotatable bonds is 55.